The number of nitrogens with zero attached hydrogens (tertiary/aromatic N) is 1. The van der Waals surface area contributed by atoms with Crippen molar-refractivity contribution in [2.75, 3.05) is 6.54 Å². The van der Waals surface area contributed by atoms with Gasteiger partial charge in [-0.05, 0) is 24.1 Å². The summed E-state index contributed by atoms with van der Waals surface area (Å²) in [6.45, 7) is 0.318. The van der Waals surface area contributed by atoms with Crippen LogP contribution in [-0.2, 0) is 9.59 Å². The summed E-state index contributed by atoms with van der Waals surface area (Å²) >= 11 is 10.8. The molecule has 7 heteroatoms. The fourth-order valence-electron chi connectivity index (χ4n) is 1.98. The minimum Gasteiger partial charge on any atom is -0.481 e. The Bertz CT molecular complexity index is 683. The first kappa shape index (κ1) is 17.8. The number of thioether (sulfide) groups is 1. The number of carboxylic acid groups (broad SMARTS) is 1. The Labute approximate surface area is 149 Å². The van der Waals surface area contributed by atoms with Gasteiger partial charge in [0.15, 0.2) is 0 Å². The molecule has 1 aliphatic rings. The second-order valence-electron chi connectivity index (χ2n) is 4.81. The van der Waals surface area contributed by atoms with Crippen LogP contribution in [0.4, 0.5) is 0 Å². The molecule has 2 rings (SSSR count). The standard InChI is InChI=1S/C16H15NO3S3/c18-14(19)7-4-8-17-15(20)13(23-16(17)22)10-12(21)9-11-5-2-1-3-6-11/h1-3,5-6,9-10,21H,4,7-8H2,(H,18,19)/b12-9-,13-10+. The molecule has 23 heavy (non-hydrogen) atoms. The molecule has 120 valence electrons. The van der Waals surface area contributed by atoms with Crippen molar-refractivity contribution in [3.05, 3.63) is 51.8 Å². The van der Waals surface area contributed by atoms with Crippen molar-refractivity contribution in [3.63, 3.8) is 0 Å². The van der Waals surface area contributed by atoms with Crippen molar-refractivity contribution in [2.24, 2.45) is 0 Å². The van der Waals surface area contributed by atoms with Gasteiger partial charge in [0.05, 0.1) is 4.91 Å². The minimum absolute atomic E-state index is 0.0157. The second kappa shape index (κ2) is 8.33. The van der Waals surface area contributed by atoms with Crippen LogP contribution in [0.25, 0.3) is 6.08 Å². The quantitative estimate of drug-likeness (QED) is 0.459. The maximum absolute atomic E-state index is 12.3. The van der Waals surface area contributed by atoms with Crippen LogP contribution < -0.4 is 0 Å². The van der Waals surface area contributed by atoms with E-state index in [0.717, 1.165) is 5.56 Å². The Kier molecular flexibility index (Phi) is 6.44. The molecule has 0 aromatic heterocycles. The van der Waals surface area contributed by atoms with Gasteiger partial charge in [-0.2, -0.15) is 0 Å². The Morgan fingerprint density at radius 3 is 2.70 bits per heavy atom. The number of aliphatic carboxylic acids is 1. The van der Waals surface area contributed by atoms with E-state index in [2.05, 4.69) is 12.6 Å². The third-order valence-corrected chi connectivity index (χ3v) is 4.68. The van der Waals surface area contributed by atoms with Gasteiger partial charge in [-0.15, -0.1) is 12.6 Å². The lowest BCUT2D eigenvalue weighted by Gasteiger charge is -2.13. The molecule has 1 aliphatic heterocycles. The van der Waals surface area contributed by atoms with Crippen LogP contribution in [0, 0.1) is 0 Å². The molecule has 1 amide bonds. The highest BCUT2D eigenvalue weighted by Crippen LogP contribution is 2.32. The van der Waals surface area contributed by atoms with E-state index in [1.54, 1.807) is 6.08 Å². The van der Waals surface area contributed by atoms with Crippen LogP contribution in [0.2, 0.25) is 0 Å². The van der Waals surface area contributed by atoms with Crippen molar-refractivity contribution in [2.45, 2.75) is 12.8 Å². The zero-order valence-corrected chi connectivity index (χ0v) is 14.7. The van der Waals surface area contributed by atoms with E-state index in [1.807, 2.05) is 36.4 Å². The van der Waals surface area contributed by atoms with E-state index in [0.29, 0.717) is 27.1 Å². The van der Waals surface area contributed by atoms with Crippen LogP contribution in [0.3, 0.4) is 0 Å². The number of benzene rings is 1. The summed E-state index contributed by atoms with van der Waals surface area (Å²) in [7, 11) is 0. The molecule has 0 atom stereocenters. The van der Waals surface area contributed by atoms with Gasteiger partial charge in [-0.3, -0.25) is 14.5 Å². The van der Waals surface area contributed by atoms with Gasteiger partial charge in [0, 0.05) is 17.9 Å². The van der Waals surface area contributed by atoms with E-state index in [9.17, 15) is 9.59 Å². The van der Waals surface area contributed by atoms with Gasteiger partial charge in [0.25, 0.3) is 5.91 Å². The molecule has 1 aromatic carbocycles. The number of allylic oxidation sites excluding steroid dienone is 1. The summed E-state index contributed by atoms with van der Waals surface area (Å²) in [4.78, 5) is 25.5. The van der Waals surface area contributed by atoms with E-state index in [4.69, 9.17) is 17.3 Å². The lowest BCUT2D eigenvalue weighted by molar-refractivity contribution is -0.137. The number of rotatable bonds is 6. The molecule has 0 aliphatic carbocycles. The lowest BCUT2D eigenvalue weighted by atomic mass is 10.2. The molecule has 0 saturated carbocycles. The fraction of sp³-hybridized carbons (Fsp3) is 0.188. The largest absolute Gasteiger partial charge is 0.481 e. The third-order valence-electron chi connectivity index (χ3n) is 3.04. The zero-order chi connectivity index (χ0) is 16.8. The van der Waals surface area contributed by atoms with Gasteiger partial charge < -0.3 is 5.11 Å². The Hall–Kier alpha value is -1.57. The van der Waals surface area contributed by atoms with Gasteiger partial charge in [-0.1, -0.05) is 54.3 Å². The number of carbonyl (C=O) groups excluding carboxylic acids is 1. The normalized spacial score (nSPS) is 17.2. The number of carbonyl (C=O) groups is 2. The average molecular weight is 366 g/mol. The number of thiocarbonyl (C=S) groups is 1. The smallest absolute Gasteiger partial charge is 0.303 e. The first-order valence-electron chi connectivity index (χ1n) is 6.90. The Morgan fingerprint density at radius 1 is 1.35 bits per heavy atom. The lowest BCUT2D eigenvalue weighted by Crippen LogP contribution is -2.29. The number of carboxylic acids is 1. The van der Waals surface area contributed by atoms with E-state index in [-0.39, 0.29) is 12.3 Å². The van der Waals surface area contributed by atoms with Crippen molar-refractivity contribution in [1.82, 2.24) is 4.90 Å². The number of thiol groups is 1. The van der Waals surface area contributed by atoms with E-state index >= 15 is 0 Å². The number of hydrogen-bond acceptors (Lipinski definition) is 5. The molecule has 1 aromatic rings. The molecule has 1 saturated heterocycles. The highest BCUT2D eigenvalue weighted by molar-refractivity contribution is 8.26. The molecule has 0 bridgehead atoms. The third kappa shape index (κ3) is 5.23. The first-order chi connectivity index (χ1) is 11.0. The van der Waals surface area contributed by atoms with Crippen molar-refractivity contribution in [1.29, 1.82) is 0 Å². The predicted octanol–water partition coefficient (Wildman–Crippen LogP) is 3.57. The maximum Gasteiger partial charge on any atom is 0.303 e. The van der Waals surface area contributed by atoms with Crippen LogP contribution in [0.15, 0.2) is 46.2 Å². The fourth-order valence-corrected chi connectivity index (χ4v) is 3.64. The van der Waals surface area contributed by atoms with Gasteiger partial charge in [0.2, 0.25) is 0 Å². The van der Waals surface area contributed by atoms with Crippen LogP contribution in [0.1, 0.15) is 18.4 Å². The van der Waals surface area contributed by atoms with E-state index < -0.39 is 5.97 Å². The maximum atomic E-state index is 12.3. The molecule has 0 unspecified atom stereocenters. The van der Waals surface area contributed by atoms with E-state index in [1.165, 1.54) is 16.7 Å². The summed E-state index contributed by atoms with van der Waals surface area (Å²) in [5, 5.41) is 8.66. The SMILES string of the molecule is O=C(O)CCCN1C(=O)/C(=C\C(S)=C\c2ccccc2)SC1=S. The highest BCUT2D eigenvalue weighted by Gasteiger charge is 2.31. The summed E-state index contributed by atoms with van der Waals surface area (Å²) in [6, 6.07) is 9.67. The number of amides is 1. The Balaban J connectivity index is 2.06. The summed E-state index contributed by atoms with van der Waals surface area (Å²) < 4.78 is 0.451. The molecule has 0 radical (unpaired) electrons. The molecule has 1 heterocycles. The van der Waals surface area contributed by atoms with Crippen LogP contribution in [-0.4, -0.2) is 32.7 Å². The molecule has 1 N–H and O–H groups in total. The number of hydrogen-bond donors (Lipinski definition) is 2. The van der Waals surface area contributed by atoms with Crippen molar-refractivity contribution >= 4 is 58.9 Å². The van der Waals surface area contributed by atoms with Gasteiger partial charge in [0.1, 0.15) is 4.32 Å². The van der Waals surface area contributed by atoms with Crippen molar-refractivity contribution < 1.29 is 14.7 Å². The highest BCUT2D eigenvalue weighted by atomic mass is 32.2. The first-order valence-corrected chi connectivity index (χ1v) is 8.57. The van der Waals surface area contributed by atoms with Gasteiger partial charge in [-0.25, -0.2) is 0 Å². The minimum atomic E-state index is -0.880. The van der Waals surface area contributed by atoms with Gasteiger partial charge >= 0.3 is 5.97 Å². The molecule has 0 spiro atoms. The van der Waals surface area contributed by atoms with Crippen LogP contribution >= 0.6 is 36.6 Å². The molecular weight excluding hydrogens is 350 g/mol. The molecule has 4 nitrogen and oxygen atoms in total. The summed E-state index contributed by atoms with van der Waals surface area (Å²) in [5.74, 6) is -1.08. The van der Waals surface area contributed by atoms with Crippen LogP contribution in [0.5, 0.6) is 0 Å². The molecular formula is C16H15NO3S3. The summed E-state index contributed by atoms with van der Waals surface area (Å²) in [6.07, 6.45) is 3.94. The van der Waals surface area contributed by atoms with Crippen molar-refractivity contribution in [3.8, 4) is 0 Å². The monoisotopic (exact) mass is 365 g/mol. The topological polar surface area (TPSA) is 57.6 Å². The summed E-state index contributed by atoms with van der Waals surface area (Å²) in [5.41, 5.74) is 0.991. The average Bonchev–Trinajstić information content (AvgIpc) is 2.75. The Morgan fingerprint density at radius 2 is 2.04 bits per heavy atom. The molecule has 1 fully saturated rings. The second-order valence-corrected chi connectivity index (χ2v) is 7.00. The zero-order valence-electron chi connectivity index (χ0n) is 12.1. The predicted molar refractivity (Wildman–Crippen MR) is 100 cm³/mol.